The van der Waals surface area contributed by atoms with E-state index >= 15 is 0 Å². The lowest BCUT2D eigenvalue weighted by Crippen LogP contribution is -2.73. The normalized spacial score (nSPS) is 15.9. The van der Waals surface area contributed by atoms with Crippen LogP contribution < -0.4 is 0 Å². The highest BCUT2D eigenvalue weighted by Gasteiger charge is 2.93. The Morgan fingerprint density at radius 2 is 0.893 bits per heavy atom. The molecule has 0 amide bonds. The Hall–Kier alpha value is -0.813. The molecule has 0 aromatic heterocycles. The molecule has 17 heteroatoms. The third-order valence-corrected chi connectivity index (χ3v) is 6.47. The minimum atomic E-state index is -7.96. The summed E-state index contributed by atoms with van der Waals surface area (Å²) in [6.07, 6.45) is -17.9. The SMILES string of the molecule is CO[Si](CCC(F)(F)C(F)(F)C(F)(F)C(F)(C(F)(F)F)C(F)(F)F)(OC)OC. The molecule has 0 saturated heterocycles. The average Bonchev–Trinajstić information content (AvgIpc) is 2.53. The maximum Gasteiger partial charge on any atom is 0.500 e. The minimum Gasteiger partial charge on any atom is -0.377 e. The van der Waals surface area contributed by atoms with Crippen LogP contribution in [0.2, 0.25) is 6.04 Å². The Labute approximate surface area is 150 Å². The summed E-state index contributed by atoms with van der Waals surface area (Å²) in [6, 6.07) is -1.42. The van der Waals surface area contributed by atoms with Gasteiger partial charge in [-0.25, -0.2) is 4.39 Å². The van der Waals surface area contributed by atoms with Gasteiger partial charge in [0.15, 0.2) is 0 Å². The van der Waals surface area contributed by atoms with Crippen molar-refractivity contribution in [3.8, 4) is 0 Å². The minimum absolute atomic E-state index is 0.768. The summed E-state index contributed by atoms with van der Waals surface area (Å²) in [5.41, 5.74) is -7.96. The lowest BCUT2D eigenvalue weighted by molar-refractivity contribution is -0.444. The van der Waals surface area contributed by atoms with E-state index in [0.29, 0.717) is 0 Å². The van der Waals surface area contributed by atoms with Crippen molar-refractivity contribution in [1.82, 2.24) is 0 Å². The summed E-state index contributed by atoms with van der Waals surface area (Å²) in [7, 11) is -1.88. The van der Waals surface area contributed by atoms with E-state index < -0.39 is 57.1 Å². The summed E-state index contributed by atoms with van der Waals surface area (Å²) in [5, 5.41) is 0. The van der Waals surface area contributed by atoms with Gasteiger partial charge in [0.05, 0.1) is 0 Å². The van der Waals surface area contributed by atoms with E-state index in [9.17, 15) is 57.1 Å². The van der Waals surface area contributed by atoms with Crippen LogP contribution in [0.5, 0.6) is 0 Å². The van der Waals surface area contributed by atoms with Gasteiger partial charge in [0.25, 0.3) is 0 Å². The first-order valence-electron chi connectivity index (χ1n) is 6.75. The Bertz CT molecular complexity index is 505. The molecule has 0 N–H and O–H groups in total. The molecule has 28 heavy (non-hydrogen) atoms. The molecule has 0 fully saturated rings. The van der Waals surface area contributed by atoms with Crippen LogP contribution in [0.3, 0.4) is 0 Å². The first-order valence-corrected chi connectivity index (χ1v) is 8.68. The molecular weight excluding hydrogens is 455 g/mol. The lowest BCUT2D eigenvalue weighted by atomic mass is 9.87. The highest BCUT2D eigenvalue weighted by molar-refractivity contribution is 6.60. The zero-order valence-corrected chi connectivity index (χ0v) is 15.1. The van der Waals surface area contributed by atoms with Gasteiger partial charge in [-0.1, -0.05) is 0 Å². The Morgan fingerprint density at radius 3 is 1.14 bits per heavy atom. The molecule has 0 bridgehead atoms. The molecule has 0 aliphatic rings. The molecule has 170 valence electrons. The van der Waals surface area contributed by atoms with E-state index in [4.69, 9.17) is 0 Å². The monoisotopic (exact) mass is 468 g/mol. The molecule has 0 aliphatic heterocycles. The van der Waals surface area contributed by atoms with Gasteiger partial charge >= 0.3 is 44.6 Å². The number of halogens is 13. The van der Waals surface area contributed by atoms with E-state index in [1.165, 1.54) is 0 Å². The molecule has 0 rings (SSSR count). The van der Waals surface area contributed by atoms with Gasteiger partial charge in [-0.05, 0) is 0 Å². The van der Waals surface area contributed by atoms with E-state index in [1.807, 2.05) is 0 Å². The van der Waals surface area contributed by atoms with Crippen molar-refractivity contribution in [2.75, 3.05) is 21.3 Å². The first kappa shape index (κ1) is 27.2. The van der Waals surface area contributed by atoms with E-state index in [0.717, 1.165) is 21.3 Å². The standard InChI is InChI=1S/C11H13F13O3Si/c1-25-28(26-2,27-3)5-4-6(12,13)8(15,16)9(17,18)7(14,10(19,20)21)11(22,23)24/h4-5H2,1-3H3. The molecule has 0 unspecified atom stereocenters. The second kappa shape index (κ2) is 7.79. The topological polar surface area (TPSA) is 27.7 Å². The smallest absolute Gasteiger partial charge is 0.377 e. The largest absolute Gasteiger partial charge is 0.500 e. The molecule has 0 atom stereocenters. The van der Waals surface area contributed by atoms with Crippen molar-refractivity contribution in [2.45, 2.75) is 48.3 Å². The molecule has 0 saturated carbocycles. The van der Waals surface area contributed by atoms with Crippen LogP contribution in [-0.2, 0) is 13.3 Å². The fraction of sp³-hybridized carbons (Fsp3) is 1.00. The zero-order chi connectivity index (χ0) is 23.0. The summed E-state index contributed by atoms with van der Waals surface area (Å²) >= 11 is 0. The summed E-state index contributed by atoms with van der Waals surface area (Å²) in [4.78, 5) is 0. The molecule has 0 heterocycles. The number of hydrogen-bond donors (Lipinski definition) is 0. The second-order valence-electron chi connectivity index (χ2n) is 5.30. The third kappa shape index (κ3) is 4.07. The van der Waals surface area contributed by atoms with Gasteiger partial charge < -0.3 is 13.3 Å². The van der Waals surface area contributed by atoms with Crippen molar-refractivity contribution in [2.24, 2.45) is 0 Å². The average molecular weight is 468 g/mol. The summed E-state index contributed by atoms with van der Waals surface area (Å²) in [5.74, 6) is -21.6. The lowest BCUT2D eigenvalue weighted by Gasteiger charge is -2.42. The second-order valence-corrected chi connectivity index (χ2v) is 8.39. The van der Waals surface area contributed by atoms with Crippen LogP contribution in [0.1, 0.15) is 6.42 Å². The molecule has 0 aliphatic carbocycles. The first-order chi connectivity index (χ1) is 12.1. The van der Waals surface area contributed by atoms with Crippen molar-refractivity contribution < 1.29 is 70.4 Å². The molecular formula is C11H13F13O3Si. The Kier molecular flexibility index (Phi) is 7.56. The quantitative estimate of drug-likeness (QED) is 0.353. The van der Waals surface area contributed by atoms with Crippen LogP contribution in [0.4, 0.5) is 57.1 Å². The predicted octanol–water partition coefficient (Wildman–Crippen LogP) is 4.99. The van der Waals surface area contributed by atoms with Crippen LogP contribution in [0.15, 0.2) is 0 Å². The van der Waals surface area contributed by atoms with Gasteiger partial charge in [0.1, 0.15) is 0 Å². The number of rotatable bonds is 9. The van der Waals surface area contributed by atoms with E-state index in [1.54, 1.807) is 0 Å². The van der Waals surface area contributed by atoms with E-state index in [-0.39, 0.29) is 0 Å². The van der Waals surface area contributed by atoms with Crippen LogP contribution in [0, 0.1) is 0 Å². The van der Waals surface area contributed by atoms with Gasteiger partial charge in [-0.15, -0.1) is 0 Å². The van der Waals surface area contributed by atoms with Crippen LogP contribution >= 0.6 is 0 Å². The molecule has 0 aromatic carbocycles. The van der Waals surface area contributed by atoms with Crippen LogP contribution in [0.25, 0.3) is 0 Å². The van der Waals surface area contributed by atoms with Gasteiger partial charge in [0, 0.05) is 33.8 Å². The van der Waals surface area contributed by atoms with Crippen LogP contribution in [-0.4, -0.2) is 65.9 Å². The Morgan fingerprint density at radius 1 is 0.571 bits per heavy atom. The van der Waals surface area contributed by atoms with Gasteiger partial charge in [-0.2, -0.15) is 52.7 Å². The predicted molar refractivity (Wildman–Crippen MR) is 67.0 cm³/mol. The summed E-state index contributed by atoms with van der Waals surface area (Å²) < 4.78 is 182. The Balaban J connectivity index is 6.24. The van der Waals surface area contributed by atoms with Crippen molar-refractivity contribution >= 4 is 8.80 Å². The van der Waals surface area contributed by atoms with Gasteiger partial charge in [0.2, 0.25) is 0 Å². The molecule has 0 radical (unpaired) electrons. The van der Waals surface area contributed by atoms with Crippen molar-refractivity contribution in [3.63, 3.8) is 0 Å². The van der Waals surface area contributed by atoms with Crippen molar-refractivity contribution in [3.05, 3.63) is 0 Å². The maximum atomic E-state index is 13.7. The zero-order valence-electron chi connectivity index (χ0n) is 14.1. The fourth-order valence-corrected chi connectivity index (χ4v) is 3.72. The van der Waals surface area contributed by atoms with E-state index in [2.05, 4.69) is 13.3 Å². The molecule has 3 nitrogen and oxygen atoms in total. The van der Waals surface area contributed by atoms with Crippen molar-refractivity contribution in [1.29, 1.82) is 0 Å². The molecule has 0 aromatic rings. The highest BCUT2D eigenvalue weighted by Crippen LogP contribution is 2.62. The molecule has 0 spiro atoms. The third-order valence-electron chi connectivity index (χ3n) is 3.75. The summed E-state index contributed by atoms with van der Waals surface area (Å²) in [6.45, 7) is 0. The van der Waals surface area contributed by atoms with Gasteiger partial charge in [-0.3, -0.25) is 0 Å². The maximum absolute atomic E-state index is 13.7. The number of hydrogen-bond acceptors (Lipinski definition) is 3. The highest BCUT2D eigenvalue weighted by atomic mass is 28.4. The number of alkyl halides is 13. The fourth-order valence-electron chi connectivity index (χ4n) is 1.99.